The second-order valence-electron chi connectivity index (χ2n) is 11.8. The molecule has 2 heterocycles. The molecule has 43 heavy (non-hydrogen) atoms. The molecule has 0 saturated carbocycles. The van der Waals surface area contributed by atoms with Crippen molar-refractivity contribution in [2.24, 2.45) is 0 Å². The first-order valence-corrected chi connectivity index (χ1v) is 15.1. The van der Waals surface area contributed by atoms with Gasteiger partial charge < -0.3 is 28.4 Å². The molecule has 0 spiro atoms. The van der Waals surface area contributed by atoms with Crippen molar-refractivity contribution in [1.29, 1.82) is 0 Å². The highest BCUT2D eigenvalue weighted by molar-refractivity contribution is 5.86. The summed E-state index contributed by atoms with van der Waals surface area (Å²) in [6.07, 6.45) is -0.335. The summed E-state index contributed by atoms with van der Waals surface area (Å²) in [5.74, 6) is 1.63. The van der Waals surface area contributed by atoms with E-state index in [1.54, 1.807) is 0 Å². The zero-order valence-electron chi connectivity index (χ0n) is 25.2. The van der Waals surface area contributed by atoms with Crippen LogP contribution >= 0.6 is 0 Å². The summed E-state index contributed by atoms with van der Waals surface area (Å²) < 4.78 is 34.7. The molecule has 2 saturated heterocycles. The predicted octanol–water partition coefficient (Wildman–Crippen LogP) is 6.95. The minimum atomic E-state index is -0.517. The van der Waals surface area contributed by atoms with Gasteiger partial charge in [0.15, 0.2) is 12.6 Å². The van der Waals surface area contributed by atoms with Crippen molar-refractivity contribution >= 4 is 0 Å². The van der Waals surface area contributed by atoms with Crippen molar-refractivity contribution in [2.45, 2.75) is 57.9 Å². The molecule has 6 nitrogen and oxygen atoms in total. The first-order valence-electron chi connectivity index (χ1n) is 15.1. The topological polar surface area (TPSA) is 62.0 Å². The lowest BCUT2D eigenvalue weighted by atomic mass is 9.67. The molecule has 0 amide bonds. The number of hydrogen-bond donors (Lipinski definition) is 0. The molecule has 0 bridgehead atoms. The van der Waals surface area contributed by atoms with Crippen molar-refractivity contribution in [3.8, 4) is 22.6 Å². The third kappa shape index (κ3) is 5.45. The van der Waals surface area contributed by atoms with Crippen LogP contribution in [0.3, 0.4) is 0 Å². The number of rotatable bonds is 12. The average Bonchev–Trinajstić information content (AvgIpc) is 3.95. The van der Waals surface area contributed by atoms with Crippen molar-refractivity contribution in [2.75, 3.05) is 26.4 Å². The monoisotopic (exact) mass is 578 g/mol. The minimum absolute atomic E-state index is 0.199. The Balaban J connectivity index is 1.29. The number of aryl methyl sites for hydroxylation is 2. The van der Waals surface area contributed by atoms with Crippen LogP contribution < -0.4 is 9.47 Å². The van der Waals surface area contributed by atoms with Crippen LogP contribution in [0.4, 0.5) is 0 Å². The van der Waals surface area contributed by atoms with Gasteiger partial charge in [0.1, 0.15) is 23.7 Å². The Bertz CT molecular complexity index is 1500. The molecule has 0 N–H and O–H groups in total. The Kier molecular flexibility index (Phi) is 7.48. The zero-order chi connectivity index (χ0) is 29.6. The van der Waals surface area contributed by atoms with Crippen LogP contribution in [0.25, 0.3) is 11.1 Å². The molecule has 1 aliphatic carbocycles. The maximum Gasteiger partial charge on any atom is 0.197 e. The van der Waals surface area contributed by atoms with Crippen molar-refractivity contribution in [3.05, 3.63) is 118 Å². The molecule has 4 unspecified atom stereocenters. The van der Waals surface area contributed by atoms with Crippen molar-refractivity contribution in [3.63, 3.8) is 0 Å². The molecule has 222 valence electrons. The van der Waals surface area contributed by atoms with Gasteiger partial charge in [-0.25, -0.2) is 0 Å². The van der Waals surface area contributed by atoms with E-state index in [1.165, 1.54) is 33.4 Å². The summed E-state index contributed by atoms with van der Waals surface area (Å²) in [6.45, 7) is 10.7. The summed E-state index contributed by atoms with van der Waals surface area (Å²) in [5.41, 5.74) is 8.99. The van der Waals surface area contributed by atoms with E-state index in [4.69, 9.17) is 28.4 Å². The average molecular weight is 579 g/mol. The van der Waals surface area contributed by atoms with Crippen molar-refractivity contribution < 1.29 is 28.4 Å². The van der Waals surface area contributed by atoms with Gasteiger partial charge in [-0.3, -0.25) is 0 Å². The summed E-state index contributed by atoms with van der Waals surface area (Å²) in [6, 6.07) is 30.6. The van der Waals surface area contributed by atoms with E-state index >= 15 is 0 Å². The Morgan fingerprint density at radius 1 is 0.651 bits per heavy atom. The highest BCUT2D eigenvalue weighted by Crippen LogP contribution is 2.56. The maximum atomic E-state index is 6.21. The van der Waals surface area contributed by atoms with Crippen LogP contribution in [0.1, 0.15) is 47.2 Å². The van der Waals surface area contributed by atoms with Gasteiger partial charge in [-0.15, -0.1) is 0 Å². The highest BCUT2D eigenvalue weighted by Gasteiger charge is 2.46. The number of benzene rings is 4. The van der Waals surface area contributed by atoms with Crippen LogP contribution in [0.5, 0.6) is 11.5 Å². The van der Waals surface area contributed by atoms with Crippen LogP contribution in [0, 0.1) is 13.8 Å². The Morgan fingerprint density at radius 3 is 1.47 bits per heavy atom. The molecule has 4 atom stereocenters. The molecular formula is C37H38O6. The van der Waals surface area contributed by atoms with E-state index in [9.17, 15) is 0 Å². The number of fused-ring (bicyclic) bond motifs is 3. The fourth-order valence-corrected chi connectivity index (χ4v) is 6.29. The molecule has 3 aliphatic rings. The number of epoxide rings is 2. The number of ether oxygens (including phenoxy) is 6. The standard InChI is InChI=1S/C37H38O6/c1-23-17-27(13-15-35(23)42-25(3)38-19-29-21-40-29)37(33-11-7-5-9-31(33)32-10-6-8-12-34(32)37)28-14-16-36(24(2)18-28)43-26(4)39-20-30-22-41-30/h5-18,25-26,29-30H,19-22H2,1-4H3. The fourth-order valence-electron chi connectivity index (χ4n) is 6.29. The van der Waals surface area contributed by atoms with Gasteiger partial charge in [-0.1, -0.05) is 72.8 Å². The minimum Gasteiger partial charge on any atom is -0.465 e. The van der Waals surface area contributed by atoms with Crippen LogP contribution in [-0.4, -0.2) is 51.2 Å². The van der Waals surface area contributed by atoms with E-state index in [1.807, 2.05) is 13.8 Å². The molecule has 4 aromatic carbocycles. The Hall–Kier alpha value is -3.68. The third-order valence-electron chi connectivity index (χ3n) is 8.59. The summed E-state index contributed by atoms with van der Waals surface area (Å²) in [7, 11) is 0. The second kappa shape index (κ2) is 11.4. The van der Waals surface area contributed by atoms with Crippen molar-refractivity contribution in [1.82, 2.24) is 0 Å². The Labute approximate surface area is 253 Å². The summed E-state index contributed by atoms with van der Waals surface area (Å²) in [5, 5.41) is 0. The van der Waals surface area contributed by atoms with E-state index in [2.05, 4.69) is 98.8 Å². The molecule has 2 fully saturated rings. The lowest BCUT2D eigenvalue weighted by Gasteiger charge is -2.35. The van der Waals surface area contributed by atoms with Crippen LogP contribution in [0.2, 0.25) is 0 Å². The Morgan fingerprint density at radius 2 is 1.07 bits per heavy atom. The molecular weight excluding hydrogens is 540 g/mol. The zero-order valence-corrected chi connectivity index (χ0v) is 25.2. The smallest absolute Gasteiger partial charge is 0.197 e. The lowest BCUT2D eigenvalue weighted by molar-refractivity contribution is -0.0714. The van der Waals surface area contributed by atoms with Gasteiger partial charge in [-0.2, -0.15) is 0 Å². The SMILES string of the molecule is Cc1cc(C2(c3ccc(OC(C)OCC4CO4)c(C)c3)c3ccccc3-c3ccccc32)ccc1OC(C)OCC1CO1. The van der Waals surface area contributed by atoms with Gasteiger partial charge in [0.05, 0.1) is 31.8 Å². The third-order valence-corrected chi connectivity index (χ3v) is 8.59. The summed E-state index contributed by atoms with van der Waals surface area (Å²) >= 11 is 0. The van der Waals surface area contributed by atoms with E-state index < -0.39 is 5.41 Å². The molecule has 6 heteroatoms. The van der Waals surface area contributed by atoms with Crippen LogP contribution in [0.15, 0.2) is 84.9 Å². The first kappa shape index (κ1) is 28.1. The molecule has 0 radical (unpaired) electrons. The second-order valence-corrected chi connectivity index (χ2v) is 11.8. The van der Waals surface area contributed by atoms with Gasteiger partial charge >= 0.3 is 0 Å². The van der Waals surface area contributed by atoms with Gasteiger partial charge in [0.2, 0.25) is 0 Å². The quantitative estimate of drug-likeness (QED) is 0.118. The maximum absolute atomic E-state index is 6.21. The summed E-state index contributed by atoms with van der Waals surface area (Å²) in [4.78, 5) is 0. The largest absolute Gasteiger partial charge is 0.465 e. The van der Waals surface area contributed by atoms with Gasteiger partial charge in [0.25, 0.3) is 0 Å². The van der Waals surface area contributed by atoms with E-state index in [0.717, 1.165) is 35.8 Å². The molecule has 2 aliphatic heterocycles. The molecule has 7 rings (SSSR count). The predicted molar refractivity (Wildman–Crippen MR) is 165 cm³/mol. The van der Waals surface area contributed by atoms with Crippen LogP contribution in [-0.2, 0) is 24.4 Å². The fraction of sp³-hybridized carbons (Fsp3) is 0.351. The molecule has 4 aromatic rings. The lowest BCUT2D eigenvalue weighted by Crippen LogP contribution is -2.29. The highest BCUT2D eigenvalue weighted by atomic mass is 16.7. The normalized spacial score (nSPS) is 20.6. The number of hydrogen-bond acceptors (Lipinski definition) is 6. The first-order chi connectivity index (χ1) is 20.9. The van der Waals surface area contributed by atoms with E-state index in [0.29, 0.717) is 13.2 Å². The van der Waals surface area contributed by atoms with Gasteiger partial charge in [0, 0.05) is 0 Å². The van der Waals surface area contributed by atoms with E-state index in [-0.39, 0.29) is 24.8 Å². The van der Waals surface area contributed by atoms with Gasteiger partial charge in [-0.05, 0) is 84.3 Å². The molecule has 0 aromatic heterocycles.